The molecular formula is C17H19Cl2NO. The predicted molar refractivity (Wildman–Crippen MR) is 90.6 cm³/mol. The van der Waals surface area contributed by atoms with Gasteiger partial charge in [0.15, 0.2) is 0 Å². The Labute approximate surface area is 136 Å². The molecule has 2 nitrogen and oxygen atoms in total. The molecule has 4 heteroatoms. The Morgan fingerprint density at radius 1 is 1.10 bits per heavy atom. The van der Waals surface area contributed by atoms with E-state index in [9.17, 15) is 0 Å². The number of halogens is 2. The van der Waals surface area contributed by atoms with Gasteiger partial charge in [0.25, 0.3) is 0 Å². The Bertz CT molecular complexity index is 599. The Hall–Kier alpha value is -1.38. The van der Waals surface area contributed by atoms with Crippen molar-refractivity contribution in [2.45, 2.75) is 20.4 Å². The molecule has 0 aromatic heterocycles. The molecule has 0 heterocycles. The van der Waals surface area contributed by atoms with Gasteiger partial charge in [-0.05, 0) is 30.2 Å². The molecule has 0 unspecified atom stereocenters. The van der Waals surface area contributed by atoms with Gasteiger partial charge in [-0.15, -0.1) is 0 Å². The van der Waals surface area contributed by atoms with Crippen molar-refractivity contribution in [1.82, 2.24) is 0 Å². The topological polar surface area (TPSA) is 21.3 Å². The predicted octanol–water partition coefficient (Wildman–Crippen LogP) is 5.64. The fourth-order valence-corrected chi connectivity index (χ4v) is 2.35. The number of hydrogen-bond donors (Lipinski definition) is 1. The number of benzene rings is 2. The van der Waals surface area contributed by atoms with E-state index in [-0.39, 0.29) is 0 Å². The average molecular weight is 324 g/mol. The average Bonchev–Trinajstić information content (AvgIpc) is 2.45. The van der Waals surface area contributed by atoms with E-state index >= 15 is 0 Å². The minimum absolute atomic E-state index is 0.497. The zero-order valence-corrected chi connectivity index (χ0v) is 13.7. The van der Waals surface area contributed by atoms with Crippen LogP contribution in [-0.2, 0) is 6.54 Å². The Kier molecular flexibility index (Phi) is 5.77. The first-order valence-electron chi connectivity index (χ1n) is 6.96. The third-order valence-electron chi connectivity index (χ3n) is 2.95. The highest BCUT2D eigenvalue weighted by molar-refractivity contribution is 6.36. The zero-order chi connectivity index (χ0) is 15.2. The summed E-state index contributed by atoms with van der Waals surface area (Å²) in [7, 11) is 0. The molecule has 0 saturated heterocycles. The van der Waals surface area contributed by atoms with Crippen molar-refractivity contribution in [2.75, 3.05) is 11.9 Å². The van der Waals surface area contributed by atoms with Gasteiger partial charge in [-0.1, -0.05) is 55.2 Å². The maximum atomic E-state index is 6.16. The van der Waals surface area contributed by atoms with Crippen LogP contribution in [0.5, 0.6) is 5.75 Å². The van der Waals surface area contributed by atoms with Crippen LogP contribution < -0.4 is 10.1 Å². The van der Waals surface area contributed by atoms with E-state index < -0.39 is 0 Å². The van der Waals surface area contributed by atoms with Crippen molar-refractivity contribution in [2.24, 2.45) is 5.92 Å². The highest BCUT2D eigenvalue weighted by Gasteiger charge is 2.06. The Balaban J connectivity index is 2.05. The van der Waals surface area contributed by atoms with E-state index in [4.69, 9.17) is 27.9 Å². The van der Waals surface area contributed by atoms with Crippen molar-refractivity contribution in [1.29, 1.82) is 0 Å². The van der Waals surface area contributed by atoms with Gasteiger partial charge in [-0.25, -0.2) is 0 Å². The van der Waals surface area contributed by atoms with Crippen molar-refractivity contribution < 1.29 is 4.74 Å². The summed E-state index contributed by atoms with van der Waals surface area (Å²) in [6, 6.07) is 13.4. The van der Waals surface area contributed by atoms with Gasteiger partial charge in [-0.2, -0.15) is 0 Å². The number of ether oxygens (including phenoxy) is 1. The maximum absolute atomic E-state index is 6.16. The standard InChI is InChI=1S/C17H19Cl2NO/c1-12(2)11-21-17-6-4-3-5-13(17)10-20-16-8-7-14(18)9-15(16)19/h3-9,12,20H,10-11H2,1-2H3. The molecule has 0 amide bonds. The lowest BCUT2D eigenvalue weighted by molar-refractivity contribution is 0.269. The number of rotatable bonds is 6. The first-order chi connectivity index (χ1) is 10.1. The number of nitrogens with one attached hydrogen (secondary N) is 1. The van der Waals surface area contributed by atoms with Gasteiger partial charge in [0.1, 0.15) is 5.75 Å². The van der Waals surface area contributed by atoms with E-state index in [0.717, 1.165) is 17.0 Å². The second-order valence-electron chi connectivity index (χ2n) is 5.29. The molecule has 0 aliphatic carbocycles. The summed E-state index contributed by atoms with van der Waals surface area (Å²) < 4.78 is 5.84. The Morgan fingerprint density at radius 2 is 1.86 bits per heavy atom. The SMILES string of the molecule is CC(C)COc1ccccc1CNc1ccc(Cl)cc1Cl. The summed E-state index contributed by atoms with van der Waals surface area (Å²) in [6.45, 7) is 5.62. The summed E-state index contributed by atoms with van der Waals surface area (Å²) >= 11 is 12.1. The molecule has 0 atom stereocenters. The third-order valence-corrected chi connectivity index (χ3v) is 3.49. The molecule has 2 aromatic rings. The van der Waals surface area contributed by atoms with Gasteiger partial charge in [0.05, 0.1) is 17.3 Å². The van der Waals surface area contributed by atoms with Crippen molar-refractivity contribution in [3.63, 3.8) is 0 Å². The number of anilines is 1. The molecular weight excluding hydrogens is 305 g/mol. The molecule has 0 saturated carbocycles. The summed E-state index contributed by atoms with van der Waals surface area (Å²) in [5.41, 5.74) is 1.96. The molecule has 0 aliphatic heterocycles. The van der Waals surface area contributed by atoms with E-state index in [1.165, 1.54) is 0 Å². The van der Waals surface area contributed by atoms with Crippen molar-refractivity contribution >= 4 is 28.9 Å². The van der Waals surface area contributed by atoms with Crippen LogP contribution in [0.15, 0.2) is 42.5 Å². The van der Waals surface area contributed by atoms with Gasteiger partial charge >= 0.3 is 0 Å². The minimum Gasteiger partial charge on any atom is -0.493 e. The molecule has 0 bridgehead atoms. The number of hydrogen-bond acceptors (Lipinski definition) is 2. The lowest BCUT2D eigenvalue weighted by Crippen LogP contribution is -2.08. The first kappa shape index (κ1) is 16.0. The third kappa shape index (κ3) is 4.83. The number of para-hydroxylation sites is 1. The molecule has 21 heavy (non-hydrogen) atoms. The van der Waals surface area contributed by atoms with Gasteiger partial charge < -0.3 is 10.1 Å². The van der Waals surface area contributed by atoms with Gasteiger partial charge in [-0.3, -0.25) is 0 Å². The molecule has 1 N–H and O–H groups in total. The lowest BCUT2D eigenvalue weighted by Gasteiger charge is -2.14. The zero-order valence-electron chi connectivity index (χ0n) is 12.2. The van der Waals surface area contributed by atoms with E-state index in [0.29, 0.717) is 29.1 Å². The van der Waals surface area contributed by atoms with Crippen LogP contribution in [0.25, 0.3) is 0 Å². The largest absolute Gasteiger partial charge is 0.493 e. The fourth-order valence-electron chi connectivity index (χ4n) is 1.87. The van der Waals surface area contributed by atoms with Crippen LogP contribution in [0.4, 0.5) is 5.69 Å². The van der Waals surface area contributed by atoms with Crippen LogP contribution in [0.1, 0.15) is 19.4 Å². The second-order valence-corrected chi connectivity index (χ2v) is 6.13. The first-order valence-corrected chi connectivity index (χ1v) is 7.71. The second kappa shape index (κ2) is 7.58. The molecule has 2 rings (SSSR count). The minimum atomic E-state index is 0.497. The molecule has 0 aliphatic rings. The Morgan fingerprint density at radius 3 is 2.57 bits per heavy atom. The molecule has 0 fully saturated rings. The van der Waals surface area contributed by atoms with Crippen LogP contribution >= 0.6 is 23.2 Å². The van der Waals surface area contributed by atoms with Crippen LogP contribution in [0.2, 0.25) is 10.0 Å². The fraction of sp³-hybridized carbons (Fsp3) is 0.294. The van der Waals surface area contributed by atoms with E-state index in [1.54, 1.807) is 6.07 Å². The van der Waals surface area contributed by atoms with Crippen molar-refractivity contribution in [3.05, 3.63) is 58.1 Å². The van der Waals surface area contributed by atoms with Gasteiger partial charge in [0, 0.05) is 17.1 Å². The normalized spacial score (nSPS) is 10.7. The molecule has 112 valence electrons. The highest BCUT2D eigenvalue weighted by atomic mass is 35.5. The summed E-state index contributed by atoms with van der Waals surface area (Å²) in [5.74, 6) is 1.40. The summed E-state index contributed by atoms with van der Waals surface area (Å²) in [5, 5.41) is 4.56. The maximum Gasteiger partial charge on any atom is 0.124 e. The molecule has 0 radical (unpaired) electrons. The quantitative estimate of drug-likeness (QED) is 0.742. The summed E-state index contributed by atoms with van der Waals surface area (Å²) in [6.07, 6.45) is 0. The van der Waals surface area contributed by atoms with E-state index in [1.807, 2.05) is 36.4 Å². The highest BCUT2D eigenvalue weighted by Crippen LogP contribution is 2.27. The van der Waals surface area contributed by atoms with Crippen LogP contribution in [-0.4, -0.2) is 6.61 Å². The van der Waals surface area contributed by atoms with Crippen LogP contribution in [0, 0.1) is 5.92 Å². The van der Waals surface area contributed by atoms with Crippen molar-refractivity contribution in [3.8, 4) is 5.75 Å². The van der Waals surface area contributed by atoms with E-state index in [2.05, 4.69) is 19.2 Å². The summed E-state index contributed by atoms with van der Waals surface area (Å²) in [4.78, 5) is 0. The smallest absolute Gasteiger partial charge is 0.124 e. The monoisotopic (exact) mass is 323 g/mol. The lowest BCUT2D eigenvalue weighted by atomic mass is 10.2. The van der Waals surface area contributed by atoms with Gasteiger partial charge in [0.2, 0.25) is 0 Å². The molecule has 2 aromatic carbocycles. The molecule has 0 spiro atoms. The van der Waals surface area contributed by atoms with Crippen LogP contribution in [0.3, 0.4) is 0 Å².